The Morgan fingerprint density at radius 1 is 1.22 bits per heavy atom. The zero-order valence-corrected chi connectivity index (χ0v) is 13.4. The first kappa shape index (κ1) is 15.4. The van der Waals surface area contributed by atoms with Gasteiger partial charge in [-0.3, -0.25) is 4.79 Å². The van der Waals surface area contributed by atoms with Crippen LogP contribution in [0.15, 0.2) is 42.6 Å². The largest absolute Gasteiger partial charge is 0.382 e. The van der Waals surface area contributed by atoms with Gasteiger partial charge in [-0.05, 0) is 11.6 Å². The fourth-order valence-electron chi connectivity index (χ4n) is 2.38. The number of aliphatic hydroxyl groups excluding tert-OH is 1. The molecule has 2 aromatic heterocycles. The number of aromatic nitrogens is 3. The monoisotopic (exact) mass is 309 g/mol. The van der Waals surface area contributed by atoms with Crippen LogP contribution < -0.4 is 0 Å². The molecular formula is C18H19N3O2. The second-order valence-corrected chi connectivity index (χ2v) is 6.60. The quantitative estimate of drug-likeness (QED) is 0.728. The van der Waals surface area contributed by atoms with E-state index in [4.69, 9.17) is 0 Å². The zero-order valence-electron chi connectivity index (χ0n) is 13.4. The molecule has 3 aromatic rings. The van der Waals surface area contributed by atoms with Crippen LogP contribution in [0, 0.1) is 5.41 Å². The highest BCUT2D eigenvalue weighted by molar-refractivity contribution is 6.01. The number of benzene rings is 1. The number of H-pyrrole nitrogens is 1. The Hall–Kier alpha value is -2.53. The third-order valence-corrected chi connectivity index (χ3v) is 3.67. The standard InChI is InChI=1S/C18H19N3O2/c1-18(2,3)16(23)12-9-13-17(21-12)19-10-14(20-13)15(22)11-7-5-4-6-8-11/h4-10,15,22H,1-3H3,(H,19,21). The molecule has 0 aliphatic heterocycles. The highest BCUT2D eigenvalue weighted by Crippen LogP contribution is 2.24. The average Bonchev–Trinajstić information content (AvgIpc) is 2.96. The molecule has 1 unspecified atom stereocenters. The Morgan fingerprint density at radius 3 is 2.57 bits per heavy atom. The molecule has 0 saturated carbocycles. The van der Waals surface area contributed by atoms with Crippen LogP contribution in [0.25, 0.3) is 11.2 Å². The van der Waals surface area contributed by atoms with E-state index in [2.05, 4.69) is 15.0 Å². The van der Waals surface area contributed by atoms with E-state index in [1.165, 1.54) is 6.20 Å². The van der Waals surface area contributed by atoms with Crippen molar-refractivity contribution in [3.8, 4) is 0 Å². The lowest BCUT2D eigenvalue weighted by Gasteiger charge is -2.14. The lowest BCUT2D eigenvalue weighted by atomic mass is 9.89. The Kier molecular flexibility index (Phi) is 3.74. The van der Waals surface area contributed by atoms with Crippen LogP contribution in [-0.2, 0) is 0 Å². The Balaban J connectivity index is 1.98. The summed E-state index contributed by atoms with van der Waals surface area (Å²) in [6.07, 6.45) is 0.687. The topological polar surface area (TPSA) is 78.9 Å². The summed E-state index contributed by atoms with van der Waals surface area (Å²) >= 11 is 0. The molecule has 3 rings (SSSR count). The maximum Gasteiger partial charge on any atom is 0.184 e. The van der Waals surface area contributed by atoms with Crippen molar-refractivity contribution in [1.82, 2.24) is 15.0 Å². The maximum absolute atomic E-state index is 12.3. The van der Waals surface area contributed by atoms with Gasteiger partial charge in [-0.15, -0.1) is 0 Å². The number of nitrogens with zero attached hydrogens (tertiary/aromatic N) is 2. The summed E-state index contributed by atoms with van der Waals surface area (Å²) in [6, 6.07) is 11.0. The van der Waals surface area contributed by atoms with Gasteiger partial charge in [0.2, 0.25) is 0 Å². The predicted molar refractivity (Wildman–Crippen MR) is 88.2 cm³/mol. The summed E-state index contributed by atoms with van der Waals surface area (Å²) in [7, 11) is 0. The molecule has 0 aliphatic rings. The number of fused-ring (bicyclic) bond motifs is 1. The first-order valence-corrected chi connectivity index (χ1v) is 7.50. The van der Waals surface area contributed by atoms with Gasteiger partial charge in [0.1, 0.15) is 11.6 Å². The summed E-state index contributed by atoms with van der Waals surface area (Å²) < 4.78 is 0. The fraction of sp³-hybridized carbons (Fsp3) is 0.278. The molecule has 5 heteroatoms. The van der Waals surface area contributed by atoms with Gasteiger partial charge in [0.15, 0.2) is 11.4 Å². The molecule has 0 amide bonds. The van der Waals surface area contributed by atoms with Crippen LogP contribution in [0.1, 0.15) is 48.6 Å². The van der Waals surface area contributed by atoms with E-state index in [1.54, 1.807) is 6.07 Å². The molecule has 1 aromatic carbocycles. The molecule has 1 atom stereocenters. The molecule has 0 spiro atoms. The van der Waals surface area contributed by atoms with Crippen molar-refractivity contribution in [2.45, 2.75) is 26.9 Å². The number of carbonyl (C=O) groups excluding carboxylic acids is 1. The summed E-state index contributed by atoms with van der Waals surface area (Å²) in [6.45, 7) is 5.60. The maximum atomic E-state index is 12.3. The van der Waals surface area contributed by atoms with E-state index in [0.29, 0.717) is 22.6 Å². The van der Waals surface area contributed by atoms with Gasteiger partial charge >= 0.3 is 0 Å². The van der Waals surface area contributed by atoms with Gasteiger partial charge < -0.3 is 10.1 Å². The van der Waals surface area contributed by atoms with E-state index in [0.717, 1.165) is 5.56 Å². The second kappa shape index (κ2) is 5.59. The van der Waals surface area contributed by atoms with Gasteiger partial charge in [-0.2, -0.15) is 0 Å². The van der Waals surface area contributed by atoms with Crippen molar-refractivity contribution in [3.05, 3.63) is 59.5 Å². The molecule has 0 saturated heterocycles. The van der Waals surface area contributed by atoms with Crippen molar-refractivity contribution in [2.24, 2.45) is 5.41 Å². The highest BCUT2D eigenvalue weighted by atomic mass is 16.3. The molecule has 0 fully saturated rings. The van der Waals surface area contributed by atoms with Crippen LogP contribution in [0.5, 0.6) is 0 Å². The zero-order chi connectivity index (χ0) is 16.6. The van der Waals surface area contributed by atoms with Crippen molar-refractivity contribution < 1.29 is 9.90 Å². The molecule has 5 nitrogen and oxygen atoms in total. The Labute approximate surface area is 134 Å². The van der Waals surface area contributed by atoms with Gasteiger partial charge in [0, 0.05) is 5.41 Å². The minimum absolute atomic E-state index is 0.00228. The smallest absolute Gasteiger partial charge is 0.184 e. The number of aliphatic hydroxyl groups is 1. The number of ketones is 1. The van der Waals surface area contributed by atoms with Gasteiger partial charge in [-0.25, -0.2) is 9.97 Å². The van der Waals surface area contributed by atoms with Gasteiger partial charge in [-0.1, -0.05) is 51.1 Å². The third kappa shape index (κ3) is 3.00. The van der Waals surface area contributed by atoms with Crippen LogP contribution in [0.3, 0.4) is 0 Å². The van der Waals surface area contributed by atoms with Gasteiger partial charge in [0.25, 0.3) is 0 Å². The number of carbonyl (C=O) groups is 1. The number of Topliss-reactive ketones (excluding diaryl/α,β-unsaturated/α-hetero) is 1. The lowest BCUT2D eigenvalue weighted by Crippen LogP contribution is -2.20. The average molecular weight is 309 g/mol. The van der Waals surface area contributed by atoms with Crippen LogP contribution in [0.2, 0.25) is 0 Å². The van der Waals surface area contributed by atoms with E-state index >= 15 is 0 Å². The molecule has 2 heterocycles. The number of hydrogen-bond donors (Lipinski definition) is 2. The van der Waals surface area contributed by atoms with Crippen molar-refractivity contribution in [3.63, 3.8) is 0 Å². The minimum atomic E-state index is -0.843. The normalized spacial score (nSPS) is 13.2. The third-order valence-electron chi connectivity index (χ3n) is 3.67. The molecule has 23 heavy (non-hydrogen) atoms. The van der Waals surface area contributed by atoms with Crippen LogP contribution in [0.4, 0.5) is 0 Å². The van der Waals surface area contributed by atoms with Gasteiger partial charge in [0.05, 0.1) is 17.6 Å². The first-order chi connectivity index (χ1) is 10.9. The molecule has 0 aliphatic carbocycles. The van der Waals surface area contributed by atoms with Crippen molar-refractivity contribution >= 4 is 16.9 Å². The summed E-state index contributed by atoms with van der Waals surface area (Å²) in [5.41, 5.74) is 2.33. The first-order valence-electron chi connectivity index (χ1n) is 7.50. The van der Waals surface area contributed by atoms with E-state index in [9.17, 15) is 9.90 Å². The number of rotatable bonds is 3. The molecule has 118 valence electrons. The van der Waals surface area contributed by atoms with Crippen molar-refractivity contribution in [1.29, 1.82) is 0 Å². The Morgan fingerprint density at radius 2 is 1.91 bits per heavy atom. The molecular weight excluding hydrogens is 290 g/mol. The minimum Gasteiger partial charge on any atom is -0.382 e. The Bertz CT molecular complexity index is 848. The van der Waals surface area contributed by atoms with E-state index in [1.807, 2.05) is 51.1 Å². The second-order valence-electron chi connectivity index (χ2n) is 6.60. The molecule has 0 radical (unpaired) electrons. The van der Waals surface area contributed by atoms with Crippen molar-refractivity contribution in [2.75, 3.05) is 0 Å². The van der Waals surface area contributed by atoms with Crippen LogP contribution in [-0.4, -0.2) is 25.8 Å². The molecule has 0 bridgehead atoms. The van der Waals surface area contributed by atoms with E-state index < -0.39 is 11.5 Å². The predicted octanol–water partition coefficient (Wildman–Crippen LogP) is 3.27. The summed E-state index contributed by atoms with van der Waals surface area (Å²) in [4.78, 5) is 24.1. The van der Waals surface area contributed by atoms with Crippen LogP contribution >= 0.6 is 0 Å². The SMILES string of the molecule is CC(C)(C)C(=O)c1cc2nc(C(O)c3ccccc3)cnc2[nH]1. The van der Waals surface area contributed by atoms with E-state index in [-0.39, 0.29) is 5.78 Å². The summed E-state index contributed by atoms with van der Waals surface area (Å²) in [5.74, 6) is 0.00228. The number of aromatic amines is 1. The highest BCUT2D eigenvalue weighted by Gasteiger charge is 2.25. The number of hydrogen-bond acceptors (Lipinski definition) is 4. The number of nitrogens with one attached hydrogen (secondary N) is 1. The fourth-order valence-corrected chi connectivity index (χ4v) is 2.38. The molecule has 2 N–H and O–H groups in total. The summed E-state index contributed by atoms with van der Waals surface area (Å²) in [5, 5.41) is 10.4. The lowest BCUT2D eigenvalue weighted by molar-refractivity contribution is 0.0854.